The van der Waals surface area contributed by atoms with Crippen LogP contribution < -0.4 is 10.6 Å². The van der Waals surface area contributed by atoms with E-state index in [0.717, 1.165) is 32.5 Å². The number of rotatable bonds is 5. The highest BCUT2D eigenvalue weighted by atomic mass is 16.4. The Morgan fingerprint density at radius 3 is 2.50 bits per heavy atom. The molecule has 104 valence electrons. The van der Waals surface area contributed by atoms with Gasteiger partial charge < -0.3 is 20.6 Å². The summed E-state index contributed by atoms with van der Waals surface area (Å²) in [6, 6.07) is -1.25. The fraction of sp³-hybridized carbons (Fsp3) is 0.833. The number of likely N-dealkylation sites (tertiary alicyclic amines) is 1. The molecule has 0 aromatic rings. The van der Waals surface area contributed by atoms with Crippen molar-refractivity contribution in [2.24, 2.45) is 5.92 Å². The second-order valence-corrected chi connectivity index (χ2v) is 4.79. The van der Waals surface area contributed by atoms with E-state index in [9.17, 15) is 9.59 Å². The van der Waals surface area contributed by atoms with E-state index in [4.69, 9.17) is 5.11 Å². The minimum atomic E-state index is -1.03. The molecule has 2 amide bonds. The Kier molecular flexibility index (Phi) is 5.91. The highest BCUT2D eigenvalue weighted by Crippen LogP contribution is 2.15. The molecular formula is C12H23N3O3. The topological polar surface area (TPSA) is 81.7 Å². The van der Waals surface area contributed by atoms with Gasteiger partial charge in [0, 0.05) is 6.54 Å². The van der Waals surface area contributed by atoms with Gasteiger partial charge in [-0.25, -0.2) is 4.79 Å². The SMILES string of the molecule is CCN1CCC(CNC(=O)N[C@@H](C)C(=O)O)CC1. The van der Waals surface area contributed by atoms with Crippen molar-refractivity contribution in [3.05, 3.63) is 0 Å². The summed E-state index contributed by atoms with van der Waals surface area (Å²) in [6.45, 7) is 7.46. The minimum Gasteiger partial charge on any atom is -0.480 e. The zero-order valence-electron chi connectivity index (χ0n) is 11.1. The number of carboxylic acid groups (broad SMARTS) is 1. The van der Waals surface area contributed by atoms with E-state index in [1.807, 2.05) is 0 Å². The van der Waals surface area contributed by atoms with Gasteiger partial charge in [0.2, 0.25) is 0 Å². The molecule has 1 aliphatic rings. The van der Waals surface area contributed by atoms with E-state index in [1.165, 1.54) is 6.92 Å². The molecule has 1 aliphatic heterocycles. The Morgan fingerprint density at radius 1 is 1.39 bits per heavy atom. The molecule has 0 radical (unpaired) electrons. The third kappa shape index (κ3) is 4.91. The van der Waals surface area contributed by atoms with Crippen molar-refractivity contribution in [1.29, 1.82) is 0 Å². The predicted molar refractivity (Wildman–Crippen MR) is 68.5 cm³/mol. The van der Waals surface area contributed by atoms with Gasteiger partial charge in [0.05, 0.1) is 0 Å². The van der Waals surface area contributed by atoms with Crippen LogP contribution in [0.5, 0.6) is 0 Å². The molecule has 3 N–H and O–H groups in total. The van der Waals surface area contributed by atoms with Crippen molar-refractivity contribution in [2.45, 2.75) is 32.7 Å². The van der Waals surface area contributed by atoms with E-state index in [0.29, 0.717) is 12.5 Å². The third-order valence-corrected chi connectivity index (χ3v) is 3.42. The molecule has 6 nitrogen and oxygen atoms in total. The molecule has 0 saturated carbocycles. The number of amides is 2. The molecule has 0 spiro atoms. The Bertz CT molecular complexity index is 288. The number of urea groups is 1. The maximum Gasteiger partial charge on any atom is 0.325 e. The summed E-state index contributed by atoms with van der Waals surface area (Å²) in [5.74, 6) is -0.528. The van der Waals surface area contributed by atoms with Gasteiger partial charge in [-0.05, 0) is 45.3 Å². The summed E-state index contributed by atoms with van der Waals surface area (Å²) in [6.07, 6.45) is 2.17. The number of carbonyl (C=O) groups excluding carboxylic acids is 1. The number of carbonyl (C=O) groups is 2. The molecule has 1 atom stereocenters. The summed E-state index contributed by atoms with van der Waals surface area (Å²) in [5, 5.41) is 13.8. The summed E-state index contributed by atoms with van der Waals surface area (Å²) in [7, 11) is 0. The van der Waals surface area contributed by atoms with Crippen LogP contribution in [0.3, 0.4) is 0 Å². The number of hydrogen-bond donors (Lipinski definition) is 3. The fourth-order valence-electron chi connectivity index (χ4n) is 2.05. The van der Waals surface area contributed by atoms with E-state index in [2.05, 4.69) is 22.5 Å². The quantitative estimate of drug-likeness (QED) is 0.669. The van der Waals surface area contributed by atoms with Crippen molar-refractivity contribution in [3.63, 3.8) is 0 Å². The van der Waals surface area contributed by atoms with Crippen LogP contribution in [0.25, 0.3) is 0 Å². The van der Waals surface area contributed by atoms with Crippen LogP contribution in [0.15, 0.2) is 0 Å². The molecule has 0 aromatic heterocycles. The van der Waals surface area contributed by atoms with Crippen LogP contribution in [0, 0.1) is 5.92 Å². The fourth-order valence-corrected chi connectivity index (χ4v) is 2.05. The average molecular weight is 257 g/mol. The Morgan fingerprint density at radius 2 is 2.00 bits per heavy atom. The first-order valence-electron chi connectivity index (χ1n) is 6.52. The van der Waals surface area contributed by atoms with Crippen molar-refractivity contribution < 1.29 is 14.7 Å². The molecule has 1 heterocycles. The normalized spacial score (nSPS) is 19.2. The maximum absolute atomic E-state index is 11.4. The number of nitrogens with one attached hydrogen (secondary N) is 2. The van der Waals surface area contributed by atoms with Gasteiger partial charge in [-0.3, -0.25) is 4.79 Å². The number of piperidine rings is 1. The third-order valence-electron chi connectivity index (χ3n) is 3.42. The van der Waals surface area contributed by atoms with Crippen LogP contribution >= 0.6 is 0 Å². The standard InChI is InChI=1S/C12H23N3O3/c1-3-15-6-4-10(5-7-15)8-13-12(18)14-9(2)11(16)17/h9-10H,3-8H2,1-2H3,(H,16,17)(H2,13,14,18)/t9-/m0/s1. The van der Waals surface area contributed by atoms with Gasteiger partial charge in [0.1, 0.15) is 6.04 Å². The van der Waals surface area contributed by atoms with Crippen molar-refractivity contribution in [1.82, 2.24) is 15.5 Å². The molecular weight excluding hydrogens is 234 g/mol. The van der Waals surface area contributed by atoms with Gasteiger partial charge in [-0.2, -0.15) is 0 Å². The average Bonchev–Trinajstić information content (AvgIpc) is 2.36. The summed E-state index contributed by atoms with van der Waals surface area (Å²) >= 11 is 0. The zero-order valence-corrected chi connectivity index (χ0v) is 11.1. The summed E-state index contributed by atoms with van der Waals surface area (Å²) in [4.78, 5) is 24.4. The second kappa shape index (κ2) is 7.20. The smallest absolute Gasteiger partial charge is 0.325 e. The van der Waals surface area contributed by atoms with Crippen molar-refractivity contribution in [3.8, 4) is 0 Å². The highest BCUT2D eigenvalue weighted by molar-refractivity contribution is 5.82. The monoisotopic (exact) mass is 257 g/mol. The van der Waals surface area contributed by atoms with Crippen LogP contribution in [0.1, 0.15) is 26.7 Å². The predicted octanol–water partition coefficient (Wildman–Crippen LogP) is 0.491. The van der Waals surface area contributed by atoms with E-state index in [1.54, 1.807) is 0 Å². The van der Waals surface area contributed by atoms with Crippen LogP contribution in [0.4, 0.5) is 4.79 Å². The Hall–Kier alpha value is -1.30. The van der Waals surface area contributed by atoms with E-state index in [-0.39, 0.29) is 0 Å². The minimum absolute atomic E-state index is 0.400. The first-order valence-corrected chi connectivity index (χ1v) is 6.52. The summed E-state index contributed by atoms with van der Waals surface area (Å²) in [5.41, 5.74) is 0. The molecule has 0 aromatic carbocycles. The lowest BCUT2D eigenvalue weighted by Crippen LogP contribution is -2.46. The Labute approximate surface area is 108 Å². The second-order valence-electron chi connectivity index (χ2n) is 4.79. The van der Waals surface area contributed by atoms with Gasteiger partial charge >= 0.3 is 12.0 Å². The molecule has 0 unspecified atom stereocenters. The van der Waals surface area contributed by atoms with Crippen molar-refractivity contribution >= 4 is 12.0 Å². The molecule has 0 bridgehead atoms. The van der Waals surface area contributed by atoms with Gasteiger partial charge in [0.15, 0.2) is 0 Å². The zero-order chi connectivity index (χ0) is 13.5. The van der Waals surface area contributed by atoms with Gasteiger partial charge in [0.25, 0.3) is 0 Å². The van der Waals surface area contributed by atoms with Crippen LogP contribution in [-0.4, -0.2) is 54.2 Å². The lowest BCUT2D eigenvalue weighted by Gasteiger charge is -2.31. The first kappa shape index (κ1) is 14.8. The van der Waals surface area contributed by atoms with Crippen LogP contribution in [0.2, 0.25) is 0 Å². The number of nitrogens with zero attached hydrogens (tertiary/aromatic N) is 1. The molecule has 1 saturated heterocycles. The molecule has 1 fully saturated rings. The van der Waals surface area contributed by atoms with E-state index < -0.39 is 18.0 Å². The molecule has 6 heteroatoms. The molecule has 1 rings (SSSR count). The highest BCUT2D eigenvalue weighted by Gasteiger charge is 2.19. The first-order chi connectivity index (χ1) is 8.52. The van der Waals surface area contributed by atoms with Crippen LogP contribution in [-0.2, 0) is 4.79 Å². The number of hydrogen-bond acceptors (Lipinski definition) is 3. The maximum atomic E-state index is 11.4. The largest absolute Gasteiger partial charge is 0.480 e. The lowest BCUT2D eigenvalue weighted by atomic mass is 9.97. The Balaban J connectivity index is 2.17. The van der Waals surface area contributed by atoms with Gasteiger partial charge in [-0.15, -0.1) is 0 Å². The molecule has 18 heavy (non-hydrogen) atoms. The molecule has 0 aliphatic carbocycles. The number of aliphatic carboxylic acids is 1. The summed E-state index contributed by atoms with van der Waals surface area (Å²) < 4.78 is 0. The number of carboxylic acids is 1. The van der Waals surface area contributed by atoms with Gasteiger partial charge in [-0.1, -0.05) is 6.92 Å². The lowest BCUT2D eigenvalue weighted by molar-refractivity contribution is -0.138. The van der Waals surface area contributed by atoms with E-state index >= 15 is 0 Å². The van der Waals surface area contributed by atoms with Crippen molar-refractivity contribution in [2.75, 3.05) is 26.2 Å².